The van der Waals surface area contributed by atoms with E-state index < -0.39 is 22.7 Å². The van der Waals surface area contributed by atoms with Gasteiger partial charge in [0.15, 0.2) is 0 Å². The second-order valence-corrected chi connectivity index (χ2v) is 7.94. The Morgan fingerprint density at radius 3 is 2.68 bits per heavy atom. The number of fused-ring (bicyclic) bond motifs is 1. The van der Waals surface area contributed by atoms with Crippen molar-refractivity contribution in [2.24, 2.45) is 0 Å². The second kappa shape index (κ2) is 6.48. The number of nitrogens with zero attached hydrogens (tertiary/aromatic N) is 2. The first kappa shape index (κ1) is 17.4. The molecule has 0 saturated carbocycles. The minimum atomic E-state index is -0.626. The topological polar surface area (TPSA) is 72.7 Å². The minimum Gasteiger partial charge on any atom is -0.444 e. The first-order chi connectivity index (χ1) is 11.8. The average Bonchev–Trinajstić information content (AvgIpc) is 3.00. The molecule has 0 aliphatic carbocycles. The van der Waals surface area contributed by atoms with Gasteiger partial charge in [-0.3, -0.25) is 15.0 Å². The predicted molar refractivity (Wildman–Crippen MR) is 95.9 cm³/mol. The molecule has 1 aromatic heterocycles. The Morgan fingerprint density at radius 2 is 2.00 bits per heavy atom. The molecule has 1 aromatic carbocycles. The smallest absolute Gasteiger partial charge is 0.411 e. The van der Waals surface area contributed by atoms with Gasteiger partial charge in [-0.15, -0.1) is 11.3 Å². The molecule has 1 aliphatic rings. The van der Waals surface area contributed by atoms with Crippen molar-refractivity contribution in [1.82, 2.24) is 4.90 Å². The van der Waals surface area contributed by atoms with Gasteiger partial charge in [0.1, 0.15) is 5.60 Å². The molecule has 0 radical (unpaired) electrons. The van der Waals surface area contributed by atoms with Crippen LogP contribution in [0.25, 0.3) is 0 Å². The van der Waals surface area contributed by atoms with Crippen LogP contribution in [0.15, 0.2) is 35.7 Å². The van der Waals surface area contributed by atoms with Crippen LogP contribution in [0.2, 0.25) is 0 Å². The van der Waals surface area contributed by atoms with Crippen LogP contribution in [0.4, 0.5) is 10.5 Å². The molecule has 7 heteroatoms. The fraction of sp³-hybridized carbons (Fsp3) is 0.389. The van der Waals surface area contributed by atoms with E-state index in [0.29, 0.717) is 12.1 Å². The fourth-order valence-corrected chi connectivity index (χ4v) is 3.96. The molecule has 2 aromatic rings. The van der Waals surface area contributed by atoms with Gasteiger partial charge in [-0.05, 0) is 50.3 Å². The lowest BCUT2D eigenvalue weighted by Gasteiger charge is -2.36. The summed E-state index contributed by atoms with van der Waals surface area (Å²) >= 11 is 1.62. The predicted octanol–water partition coefficient (Wildman–Crippen LogP) is 4.54. The monoisotopic (exact) mass is 360 g/mol. The molecule has 0 saturated heterocycles. The van der Waals surface area contributed by atoms with E-state index in [0.717, 1.165) is 16.9 Å². The zero-order valence-electron chi connectivity index (χ0n) is 14.4. The summed E-state index contributed by atoms with van der Waals surface area (Å²) in [7, 11) is 0. The lowest BCUT2D eigenvalue weighted by Crippen LogP contribution is -2.43. The highest BCUT2D eigenvalue weighted by molar-refractivity contribution is 7.10. The zero-order valence-corrected chi connectivity index (χ0v) is 15.2. The molecule has 1 aliphatic heterocycles. The number of amides is 1. The van der Waals surface area contributed by atoms with Crippen LogP contribution >= 0.6 is 11.3 Å². The standard InChI is InChI=1S/C18H20N2O4S/c1-18(2,3)24-17(21)19-10-8-15-13(9-11-25-15)16(19)12-6-4-5-7-14(12)20(22)23/h4-7,9,11,16H,8,10H2,1-3H3. The summed E-state index contributed by atoms with van der Waals surface area (Å²) in [5.74, 6) is 0. The van der Waals surface area contributed by atoms with Crippen LogP contribution in [0.5, 0.6) is 0 Å². The van der Waals surface area contributed by atoms with E-state index in [9.17, 15) is 14.9 Å². The highest BCUT2D eigenvalue weighted by atomic mass is 32.1. The SMILES string of the molecule is CC(C)(C)OC(=O)N1CCc2sccc2C1c1ccccc1[N+](=O)[O-]. The highest BCUT2D eigenvalue weighted by Crippen LogP contribution is 2.41. The number of rotatable bonds is 2. The molecule has 132 valence electrons. The van der Waals surface area contributed by atoms with Crippen molar-refractivity contribution >= 4 is 23.1 Å². The third-order valence-corrected chi connectivity index (χ3v) is 5.02. The number of ether oxygens (including phenoxy) is 1. The summed E-state index contributed by atoms with van der Waals surface area (Å²) in [6.07, 6.45) is 0.274. The van der Waals surface area contributed by atoms with Gasteiger partial charge < -0.3 is 4.74 Å². The first-order valence-corrected chi connectivity index (χ1v) is 8.95. The maximum atomic E-state index is 12.7. The third-order valence-electron chi connectivity index (χ3n) is 4.02. The number of carbonyl (C=O) groups is 1. The lowest BCUT2D eigenvalue weighted by atomic mass is 9.92. The Morgan fingerprint density at radius 1 is 1.28 bits per heavy atom. The minimum absolute atomic E-state index is 0.0140. The van der Waals surface area contributed by atoms with Crippen molar-refractivity contribution in [1.29, 1.82) is 0 Å². The van der Waals surface area contributed by atoms with Crippen LogP contribution < -0.4 is 0 Å². The fourth-order valence-electron chi connectivity index (χ4n) is 3.05. The molecule has 6 nitrogen and oxygen atoms in total. The highest BCUT2D eigenvalue weighted by Gasteiger charge is 2.38. The van der Waals surface area contributed by atoms with E-state index in [2.05, 4.69) is 0 Å². The van der Waals surface area contributed by atoms with E-state index in [1.54, 1.807) is 34.4 Å². The van der Waals surface area contributed by atoms with Gasteiger partial charge in [0, 0.05) is 17.5 Å². The number of benzene rings is 1. The van der Waals surface area contributed by atoms with Gasteiger partial charge in [-0.2, -0.15) is 0 Å². The molecular weight excluding hydrogens is 340 g/mol. The first-order valence-electron chi connectivity index (χ1n) is 8.07. The molecule has 25 heavy (non-hydrogen) atoms. The second-order valence-electron chi connectivity index (χ2n) is 6.94. The van der Waals surface area contributed by atoms with Gasteiger partial charge in [0.25, 0.3) is 5.69 Å². The molecule has 0 N–H and O–H groups in total. The molecule has 3 rings (SSSR count). The van der Waals surface area contributed by atoms with E-state index in [4.69, 9.17) is 4.74 Å². The van der Waals surface area contributed by atoms with Crippen molar-refractivity contribution in [3.63, 3.8) is 0 Å². The molecule has 1 amide bonds. The summed E-state index contributed by atoms with van der Waals surface area (Å²) < 4.78 is 5.54. The molecule has 0 fully saturated rings. The maximum Gasteiger partial charge on any atom is 0.411 e. The third kappa shape index (κ3) is 3.51. The van der Waals surface area contributed by atoms with Gasteiger partial charge in [0.2, 0.25) is 0 Å². The largest absolute Gasteiger partial charge is 0.444 e. The molecular formula is C18H20N2O4S. The van der Waals surface area contributed by atoms with Crippen LogP contribution in [0, 0.1) is 10.1 Å². The normalized spacial score (nSPS) is 17.1. The number of carbonyl (C=O) groups excluding carboxylic acids is 1. The van der Waals surface area contributed by atoms with Crippen LogP contribution in [-0.2, 0) is 11.2 Å². The quantitative estimate of drug-likeness (QED) is 0.582. The summed E-state index contributed by atoms with van der Waals surface area (Å²) in [5.41, 5.74) is 0.841. The number of thiophene rings is 1. The van der Waals surface area contributed by atoms with Crippen LogP contribution in [0.1, 0.15) is 42.8 Å². The van der Waals surface area contributed by atoms with Gasteiger partial charge in [-0.25, -0.2) is 4.79 Å². The van der Waals surface area contributed by atoms with Crippen LogP contribution in [-0.4, -0.2) is 28.1 Å². The average molecular weight is 360 g/mol. The number of nitro benzene ring substituents is 1. The van der Waals surface area contributed by atoms with E-state index in [1.807, 2.05) is 32.2 Å². The Balaban J connectivity index is 2.08. The Hall–Kier alpha value is -2.41. The van der Waals surface area contributed by atoms with Crippen molar-refractivity contribution in [3.8, 4) is 0 Å². The Bertz CT molecular complexity index is 809. The van der Waals surface area contributed by atoms with E-state index in [-0.39, 0.29) is 5.69 Å². The van der Waals surface area contributed by atoms with Gasteiger partial charge in [-0.1, -0.05) is 12.1 Å². The molecule has 2 heterocycles. The van der Waals surface area contributed by atoms with Crippen molar-refractivity contribution in [3.05, 3.63) is 61.8 Å². The summed E-state index contributed by atoms with van der Waals surface area (Å²) in [5, 5.41) is 13.5. The van der Waals surface area contributed by atoms with E-state index in [1.165, 1.54) is 6.07 Å². The van der Waals surface area contributed by atoms with Crippen molar-refractivity contribution < 1.29 is 14.5 Å². The summed E-state index contributed by atoms with van der Waals surface area (Å²) in [6.45, 7) is 5.90. The van der Waals surface area contributed by atoms with E-state index >= 15 is 0 Å². The van der Waals surface area contributed by atoms with Crippen molar-refractivity contribution in [2.75, 3.05) is 6.54 Å². The number of nitro groups is 1. The summed E-state index contributed by atoms with van der Waals surface area (Å²) in [4.78, 5) is 26.6. The number of para-hydroxylation sites is 1. The Kier molecular flexibility index (Phi) is 4.51. The summed E-state index contributed by atoms with van der Waals surface area (Å²) in [6, 6.07) is 8.02. The lowest BCUT2D eigenvalue weighted by molar-refractivity contribution is -0.385. The van der Waals surface area contributed by atoms with Crippen LogP contribution in [0.3, 0.4) is 0 Å². The zero-order chi connectivity index (χ0) is 18.2. The van der Waals surface area contributed by atoms with Crippen molar-refractivity contribution in [2.45, 2.75) is 38.8 Å². The maximum absolute atomic E-state index is 12.7. The molecule has 1 atom stereocenters. The molecule has 1 unspecified atom stereocenters. The number of hydrogen-bond acceptors (Lipinski definition) is 5. The van der Waals surface area contributed by atoms with Gasteiger partial charge >= 0.3 is 6.09 Å². The molecule has 0 spiro atoms. The molecule has 0 bridgehead atoms. The number of hydrogen-bond donors (Lipinski definition) is 0. The Labute approximate surface area is 150 Å². The van der Waals surface area contributed by atoms with Gasteiger partial charge in [0.05, 0.1) is 16.5 Å².